The summed E-state index contributed by atoms with van der Waals surface area (Å²) in [6.45, 7) is 5.03. The second-order valence-electron chi connectivity index (χ2n) is 10.1. The average molecular weight is 565 g/mol. The van der Waals surface area contributed by atoms with E-state index in [9.17, 15) is 18.4 Å². The molecule has 0 bridgehead atoms. The number of halogens is 2. The van der Waals surface area contributed by atoms with Gasteiger partial charge in [-0.2, -0.15) is 4.80 Å². The van der Waals surface area contributed by atoms with Crippen LogP contribution < -0.4 is 19.7 Å². The molecule has 214 valence electrons. The second kappa shape index (κ2) is 12.1. The Hall–Kier alpha value is -4.87. The number of tetrazole rings is 1. The molecule has 2 amide bonds. The molecule has 0 aliphatic rings. The van der Waals surface area contributed by atoms with Crippen molar-refractivity contribution in [3.05, 3.63) is 83.9 Å². The highest BCUT2D eigenvalue weighted by Crippen LogP contribution is 2.36. The lowest BCUT2D eigenvalue weighted by atomic mass is 10.0. The van der Waals surface area contributed by atoms with Crippen molar-refractivity contribution in [3.63, 3.8) is 0 Å². The third-order valence-electron chi connectivity index (χ3n) is 5.94. The third kappa shape index (κ3) is 7.02. The van der Waals surface area contributed by atoms with Crippen LogP contribution in [0.4, 0.5) is 14.5 Å². The molecule has 0 aliphatic carbocycles. The molecule has 12 heteroatoms. The fourth-order valence-corrected chi connectivity index (χ4v) is 4.13. The Kier molecular flexibility index (Phi) is 8.60. The first-order valence-corrected chi connectivity index (χ1v) is 12.6. The van der Waals surface area contributed by atoms with E-state index in [1.54, 1.807) is 18.2 Å². The van der Waals surface area contributed by atoms with Gasteiger partial charge in [0.25, 0.3) is 5.91 Å². The summed E-state index contributed by atoms with van der Waals surface area (Å²) in [5, 5.41) is 15.1. The van der Waals surface area contributed by atoms with Crippen LogP contribution in [-0.2, 0) is 16.1 Å². The van der Waals surface area contributed by atoms with Crippen LogP contribution in [-0.4, -0.2) is 51.8 Å². The van der Waals surface area contributed by atoms with Gasteiger partial charge in [-0.3, -0.25) is 14.5 Å². The molecule has 41 heavy (non-hydrogen) atoms. The van der Waals surface area contributed by atoms with Crippen molar-refractivity contribution < 1.29 is 27.8 Å². The van der Waals surface area contributed by atoms with Gasteiger partial charge in [-0.1, -0.05) is 12.1 Å². The molecular formula is C29H30F2N6O4. The molecule has 0 aliphatic heterocycles. The summed E-state index contributed by atoms with van der Waals surface area (Å²) < 4.78 is 38.0. The topological polar surface area (TPSA) is 111 Å². The van der Waals surface area contributed by atoms with E-state index in [0.29, 0.717) is 28.3 Å². The monoisotopic (exact) mass is 564 g/mol. The minimum atomic E-state index is -1.21. The van der Waals surface area contributed by atoms with Gasteiger partial charge in [-0.05, 0) is 80.1 Å². The fourth-order valence-electron chi connectivity index (χ4n) is 4.13. The lowest BCUT2D eigenvalue weighted by Crippen LogP contribution is -2.50. The van der Waals surface area contributed by atoms with Gasteiger partial charge in [-0.15, -0.1) is 10.2 Å². The molecule has 0 spiro atoms. The number of aromatic nitrogens is 4. The number of amides is 2. The minimum Gasteiger partial charge on any atom is -0.493 e. The van der Waals surface area contributed by atoms with Crippen LogP contribution in [0.15, 0.2) is 66.7 Å². The van der Waals surface area contributed by atoms with E-state index in [4.69, 9.17) is 9.47 Å². The Morgan fingerprint density at radius 3 is 2.12 bits per heavy atom. The van der Waals surface area contributed by atoms with Crippen LogP contribution in [0.1, 0.15) is 32.4 Å². The number of nitrogens with one attached hydrogen (secondary N) is 1. The average Bonchev–Trinajstić information content (AvgIpc) is 3.39. The molecule has 10 nitrogen and oxygen atoms in total. The molecule has 3 aromatic carbocycles. The van der Waals surface area contributed by atoms with Gasteiger partial charge >= 0.3 is 0 Å². The molecule has 0 saturated heterocycles. The number of benzene rings is 3. The lowest BCUT2D eigenvalue weighted by molar-refractivity contribution is -0.128. The van der Waals surface area contributed by atoms with Crippen molar-refractivity contribution in [1.29, 1.82) is 0 Å². The van der Waals surface area contributed by atoms with E-state index in [-0.39, 0.29) is 5.82 Å². The Labute approximate surface area is 235 Å². The minimum absolute atomic E-state index is 0.191. The van der Waals surface area contributed by atoms with E-state index in [2.05, 4.69) is 20.7 Å². The standard InChI is InChI=1S/C29H30F2N6O4/c1-29(2,3)32-28(39)26(18-6-10-20(30)11-7-18)37(22-14-15-23(40-4)24(16-22)41-5)25(38)17-36-34-27(33-35-36)19-8-12-21(31)13-9-19/h6-16,26H,17H2,1-5H3,(H,32,39)/t26-/m1/s1. The van der Waals surface area contributed by atoms with Crippen LogP contribution in [0.3, 0.4) is 0 Å². The van der Waals surface area contributed by atoms with Crippen LogP contribution in [0.2, 0.25) is 0 Å². The molecule has 0 saturated carbocycles. The first-order chi connectivity index (χ1) is 19.5. The highest BCUT2D eigenvalue weighted by Gasteiger charge is 2.35. The van der Waals surface area contributed by atoms with E-state index < -0.39 is 41.6 Å². The maximum absolute atomic E-state index is 14.0. The molecular weight excluding hydrogens is 534 g/mol. The number of anilines is 1. The summed E-state index contributed by atoms with van der Waals surface area (Å²) >= 11 is 0. The van der Waals surface area contributed by atoms with Gasteiger partial charge in [0.2, 0.25) is 11.7 Å². The quantitative estimate of drug-likeness (QED) is 0.322. The fraction of sp³-hybridized carbons (Fsp3) is 0.276. The SMILES string of the molecule is COc1ccc(N(C(=O)Cn2nnc(-c3ccc(F)cc3)n2)[C@@H](C(=O)NC(C)(C)C)c2ccc(F)cc2)cc1OC. The highest BCUT2D eigenvalue weighted by atomic mass is 19.1. The number of hydrogen-bond acceptors (Lipinski definition) is 7. The van der Waals surface area contributed by atoms with E-state index >= 15 is 0 Å². The zero-order chi connectivity index (χ0) is 29.7. The number of nitrogens with zero attached hydrogens (tertiary/aromatic N) is 5. The molecule has 0 radical (unpaired) electrons. The zero-order valence-electron chi connectivity index (χ0n) is 23.3. The summed E-state index contributed by atoms with van der Waals surface area (Å²) in [5.41, 5.74) is 0.550. The van der Waals surface area contributed by atoms with Gasteiger partial charge in [0, 0.05) is 22.9 Å². The van der Waals surface area contributed by atoms with Gasteiger partial charge in [0.05, 0.1) is 14.2 Å². The van der Waals surface area contributed by atoms with Crippen LogP contribution in [0, 0.1) is 11.6 Å². The second-order valence-corrected chi connectivity index (χ2v) is 10.1. The van der Waals surface area contributed by atoms with Gasteiger partial charge < -0.3 is 14.8 Å². The number of ether oxygens (including phenoxy) is 2. The summed E-state index contributed by atoms with van der Waals surface area (Å²) in [6.07, 6.45) is 0. The number of hydrogen-bond donors (Lipinski definition) is 1. The molecule has 0 fully saturated rings. The summed E-state index contributed by atoms with van der Waals surface area (Å²) in [5.74, 6) is -1.03. The van der Waals surface area contributed by atoms with Gasteiger partial charge in [-0.25, -0.2) is 8.78 Å². The lowest BCUT2D eigenvalue weighted by Gasteiger charge is -2.34. The van der Waals surface area contributed by atoms with Crippen LogP contribution >= 0.6 is 0 Å². The third-order valence-corrected chi connectivity index (χ3v) is 5.94. The first-order valence-electron chi connectivity index (χ1n) is 12.6. The molecule has 4 rings (SSSR count). The van der Waals surface area contributed by atoms with Crippen LogP contribution in [0.25, 0.3) is 11.4 Å². The van der Waals surface area contributed by atoms with Gasteiger partial charge in [0.15, 0.2) is 11.5 Å². The highest BCUT2D eigenvalue weighted by molar-refractivity contribution is 6.01. The largest absolute Gasteiger partial charge is 0.493 e. The number of rotatable bonds is 9. The molecule has 4 aromatic rings. The van der Waals surface area contributed by atoms with Crippen molar-refractivity contribution in [1.82, 2.24) is 25.5 Å². The first kappa shape index (κ1) is 29.1. The Morgan fingerprint density at radius 2 is 1.54 bits per heavy atom. The summed E-state index contributed by atoms with van der Waals surface area (Å²) in [6, 6.07) is 14.4. The molecule has 1 N–H and O–H groups in total. The summed E-state index contributed by atoms with van der Waals surface area (Å²) in [7, 11) is 2.93. The molecule has 0 unspecified atom stereocenters. The van der Waals surface area contributed by atoms with Crippen LogP contribution in [0.5, 0.6) is 11.5 Å². The number of methoxy groups -OCH3 is 2. The van der Waals surface area contributed by atoms with E-state index in [1.165, 1.54) is 67.7 Å². The molecule has 1 atom stereocenters. The Bertz CT molecular complexity index is 1520. The van der Waals surface area contributed by atoms with E-state index in [1.807, 2.05) is 20.8 Å². The zero-order valence-corrected chi connectivity index (χ0v) is 23.3. The predicted octanol–water partition coefficient (Wildman–Crippen LogP) is 4.32. The van der Waals surface area contributed by atoms with Crippen molar-refractivity contribution >= 4 is 17.5 Å². The Balaban J connectivity index is 1.79. The summed E-state index contributed by atoms with van der Waals surface area (Å²) in [4.78, 5) is 30.2. The Morgan fingerprint density at radius 1 is 0.927 bits per heavy atom. The maximum Gasteiger partial charge on any atom is 0.251 e. The smallest absolute Gasteiger partial charge is 0.251 e. The van der Waals surface area contributed by atoms with Crippen molar-refractivity contribution in [2.75, 3.05) is 19.1 Å². The normalized spacial score (nSPS) is 12.0. The van der Waals surface area contributed by atoms with Crippen molar-refractivity contribution in [2.45, 2.75) is 38.9 Å². The maximum atomic E-state index is 14.0. The molecule has 1 heterocycles. The van der Waals surface area contributed by atoms with Crippen molar-refractivity contribution in [2.24, 2.45) is 0 Å². The molecule has 1 aromatic heterocycles. The van der Waals surface area contributed by atoms with E-state index in [0.717, 1.165) is 4.80 Å². The van der Waals surface area contributed by atoms with Gasteiger partial charge in [0.1, 0.15) is 24.2 Å². The number of carbonyl (C=O) groups excluding carboxylic acids is 2. The van der Waals surface area contributed by atoms with Crippen molar-refractivity contribution in [3.8, 4) is 22.9 Å². The predicted molar refractivity (Wildman–Crippen MR) is 147 cm³/mol. The number of carbonyl (C=O) groups is 2.